The molecule has 1 aliphatic rings. The van der Waals surface area contributed by atoms with E-state index in [-0.39, 0.29) is 25.3 Å². The van der Waals surface area contributed by atoms with Gasteiger partial charge in [-0.05, 0) is 40.0 Å². The van der Waals surface area contributed by atoms with Gasteiger partial charge in [-0.3, -0.25) is 4.90 Å². The van der Waals surface area contributed by atoms with Crippen LogP contribution in [0.4, 0.5) is 4.79 Å². The Labute approximate surface area is 102 Å². The van der Waals surface area contributed by atoms with Gasteiger partial charge in [0.05, 0.1) is 25.3 Å². The van der Waals surface area contributed by atoms with Crippen molar-refractivity contribution in [2.75, 3.05) is 13.2 Å². The first-order chi connectivity index (χ1) is 7.89. The number of hydrogen-bond donors (Lipinski definition) is 2. The number of piperidine rings is 1. The van der Waals surface area contributed by atoms with Gasteiger partial charge in [0.1, 0.15) is 5.60 Å². The predicted molar refractivity (Wildman–Crippen MR) is 63.7 cm³/mol. The van der Waals surface area contributed by atoms with E-state index in [4.69, 9.17) is 4.74 Å². The monoisotopic (exact) mass is 245 g/mol. The Balaban J connectivity index is 2.76. The lowest BCUT2D eigenvalue weighted by atomic mass is 9.97. The smallest absolute Gasteiger partial charge is 0.410 e. The molecule has 0 radical (unpaired) electrons. The summed E-state index contributed by atoms with van der Waals surface area (Å²) in [6, 6.07) is -0.480. The van der Waals surface area contributed by atoms with Crippen LogP contribution < -0.4 is 0 Å². The maximum Gasteiger partial charge on any atom is 0.410 e. The van der Waals surface area contributed by atoms with E-state index < -0.39 is 11.7 Å². The number of ether oxygens (including phenoxy) is 1. The number of amides is 1. The number of rotatable bonds is 2. The minimum absolute atomic E-state index is 0.0876. The van der Waals surface area contributed by atoms with Crippen LogP contribution in [0.15, 0.2) is 0 Å². The summed E-state index contributed by atoms with van der Waals surface area (Å²) in [5.41, 5.74) is -0.561. The van der Waals surface area contributed by atoms with E-state index in [2.05, 4.69) is 0 Å². The minimum atomic E-state index is -0.561. The van der Waals surface area contributed by atoms with Gasteiger partial charge < -0.3 is 14.9 Å². The molecule has 17 heavy (non-hydrogen) atoms. The lowest BCUT2D eigenvalue weighted by Crippen LogP contribution is -2.54. The molecule has 0 aromatic carbocycles. The van der Waals surface area contributed by atoms with Crippen molar-refractivity contribution < 1.29 is 19.7 Å². The van der Waals surface area contributed by atoms with E-state index in [1.54, 1.807) is 20.8 Å². The Hall–Kier alpha value is -0.810. The highest BCUT2D eigenvalue weighted by Gasteiger charge is 2.36. The fraction of sp³-hybridized carbons (Fsp3) is 0.917. The molecule has 1 aliphatic heterocycles. The molecule has 2 N–H and O–H groups in total. The molecular weight excluding hydrogens is 222 g/mol. The van der Waals surface area contributed by atoms with E-state index >= 15 is 0 Å². The molecule has 0 saturated carbocycles. The molecule has 100 valence electrons. The molecule has 0 bridgehead atoms. The van der Waals surface area contributed by atoms with Gasteiger partial charge >= 0.3 is 6.09 Å². The molecule has 0 aliphatic carbocycles. The van der Waals surface area contributed by atoms with Crippen LogP contribution >= 0.6 is 0 Å². The van der Waals surface area contributed by atoms with Crippen molar-refractivity contribution in [3.05, 3.63) is 0 Å². The first-order valence-electron chi connectivity index (χ1n) is 6.12. The van der Waals surface area contributed by atoms with E-state index in [9.17, 15) is 15.0 Å². The molecule has 2 atom stereocenters. The molecule has 5 heteroatoms. The third kappa shape index (κ3) is 3.85. The number of nitrogens with zero attached hydrogens (tertiary/aromatic N) is 1. The fourth-order valence-corrected chi connectivity index (χ4v) is 2.14. The average molecular weight is 245 g/mol. The summed E-state index contributed by atoms with van der Waals surface area (Å²) >= 11 is 0. The summed E-state index contributed by atoms with van der Waals surface area (Å²) in [4.78, 5) is 13.5. The van der Waals surface area contributed by atoms with Gasteiger partial charge in [0, 0.05) is 0 Å². The maximum atomic E-state index is 12.0. The lowest BCUT2D eigenvalue weighted by Gasteiger charge is -2.41. The Morgan fingerprint density at radius 1 is 1.24 bits per heavy atom. The van der Waals surface area contributed by atoms with Gasteiger partial charge in [-0.1, -0.05) is 0 Å². The zero-order valence-electron chi connectivity index (χ0n) is 10.8. The van der Waals surface area contributed by atoms with Gasteiger partial charge in [0.25, 0.3) is 0 Å². The summed E-state index contributed by atoms with van der Waals surface area (Å²) in [7, 11) is 0. The van der Waals surface area contributed by atoms with Gasteiger partial charge in [-0.15, -0.1) is 0 Å². The quantitative estimate of drug-likeness (QED) is 0.765. The van der Waals surface area contributed by atoms with Gasteiger partial charge in [0.2, 0.25) is 0 Å². The number of carbonyl (C=O) groups excluding carboxylic acids is 1. The van der Waals surface area contributed by atoms with Crippen molar-refractivity contribution in [3.8, 4) is 0 Å². The first-order valence-corrected chi connectivity index (χ1v) is 6.12. The van der Waals surface area contributed by atoms with Crippen molar-refractivity contribution in [1.29, 1.82) is 0 Å². The van der Waals surface area contributed by atoms with Gasteiger partial charge in [-0.2, -0.15) is 0 Å². The van der Waals surface area contributed by atoms with Crippen LogP contribution in [0.3, 0.4) is 0 Å². The molecule has 1 heterocycles. The Morgan fingerprint density at radius 2 is 1.71 bits per heavy atom. The van der Waals surface area contributed by atoms with E-state index in [0.717, 1.165) is 19.3 Å². The zero-order chi connectivity index (χ0) is 13.1. The molecule has 0 unspecified atom stereocenters. The molecule has 0 aromatic heterocycles. The van der Waals surface area contributed by atoms with Crippen LogP contribution in [-0.4, -0.2) is 52.1 Å². The average Bonchev–Trinajstić information content (AvgIpc) is 2.25. The molecule has 1 fully saturated rings. The van der Waals surface area contributed by atoms with Crippen molar-refractivity contribution in [3.63, 3.8) is 0 Å². The first kappa shape index (κ1) is 14.3. The van der Waals surface area contributed by atoms with Gasteiger partial charge in [-0.25, -0.2) is 4.79 Å². The van der Waals surface area contributed by atoms with Crippen molar-refractivity contribution in [2.24, 2.45) is 0 Å². The SMILES string of the molecule is CC(C)(C)OC(=O)N1[C@H](CO)CCC[C@H]1CO. The largest absolute Gasteiger partial charge is 0.444 e. The third-order valence-electron chi connectivity index (χ3n) is 2.89. The molecule has 1 saturated heterocycles. The van der Waals surface area contributed by atoms with Crippen LogP contribution in [-0.2, 0) is 4.74 Å². The summed E-state index contributed by atoms with van der Waals surface area (Å²) in [6.07, 6.45) is 1.98. The predicted octanol–water partition coefficient (Wildman–Crippen LogP) is 1.13. The molecular formula is C12H23NO4. The molecule has 0 spiro atoms. The van der Waals surface area contributed by atoms with Crippen molar-refractivity contribution in [2.45, 2.75) is 57.7 Å². The summed E-state index contributed by atoms with van der Waals surface area (Å²) < 4.78 is 5.31. The topological polar surface area (TPSA) is 70.0 Å². The van der Waals surface area contributed by atoms with Crippen LogP contribution in [0, 0.1) is 0 Å². The maximum absolute atomic E-state index is 12.0. The van der Waals surface area contributed by atoms with E-state index in [1.165, 1.54) is 4.90 Å². The fourth-order valence-electron chi connectivity index (χ4n) is 2.14. The van der Waals surface area contributed by atoms with Crippen LogP contribution in [0.1, 0.15) is 40.0 Å². The number of likely N-dealkylation sites (tertiary alicyclic amines) is 1. The van der Waals surface area contributed by atoms with Crippen molar-refractivity contribution >= 4 is 6.09 Å². The third-order valence-corrected chi connectivity index (χ3v) is 2.89. The summed E-state index contributed by atoms with van der Waals surface area (Å²) in [5.74, 6) is 0. The second kappa shape index (κ2) is 5.69. The number of aliphatic hydroxyl groups is 2. The van der Waals surface area contributed by atoms with Crippen LogP contribution in [0.5, 0.6) is 0 Å². The second-order valence-electron chi connectivity index (χ2n) is 5.49. The van der Waals surface area contributed by atoms with Gasteiger partial charge in [0.15, 0.2) is 0 Å². The Morgan fingerprint density at radius 3 is 2.06 bits per heavy atom. The highest BCUT2D eigenvalue weighted by Crippen LogP contribution is 2.25. The van der Waals surface area contributed by atoms with E-state index in [1.807, 2.05) is 0 Å². The number of hydrogen-bond acceptors (Lipinski definition) is 4. The molecule has 0 aromatic rings. The summed E-state index contributed by atoms with van der Waals surface area (Å²) in [6.45, 7) is 5.23. The second-order valence-corrected chi connectivity index (χ2v) is 5.49. The highest BCUT2D eigenvalue weighted by atomic mass is 16.6. The standard InChI is InChI=1S/C12H23NO4/c1-12(2,3)17-11(16)13-9(7-14)5-4-6-10(13)8-15/h9-10,14-15H,4-8H2,1-3H3/t9-,10-/m0/s1. The number of aliphatic hydroxyl groups excluding tert-OH is 2. The normalized spacial score (nSPS) is 25.8. The summed E-state index contributed by atoms with van der Waals surface area (Å²) in [5, 5.41) is 18.6. The van der Waals surface area contributed by atoms with Crippen LogP contribution in [0.2, 0.25) is 0 Å². The molecule has 1 rings (SSSR count). The Bertz CT molecular complexity index is 250. The van der Waals surface area contributed by atoms with Crippen LogP contribution in [0.25, 0.3) is 0 Å². The highest BCUT2D eigenvalue weighted by molar-refractivity contribution is 5.69. The zero-order valence-corrected chi connectivity index (χ0v) is 10.8. The minimum Gasteiger partial charge on any atom is -0.444 e. The van der Waals surface area contributed by atoms with Crippen molar-refractivity contribution in [1.82, 2.24) is 4.90 Å². The molecule has 5 nitrogen and oxygen atoms in total. The lowest BCUT2D eigenvalue weighted by molar-refractivity contribution is -0.0247. The van der Waals surface area contributed by atoms with E-state index in [0.29, 0.717) is 0 Å². The number of carbonyl (C=O) groups is 1. The molecule has 1 amide bonds. The Kier molecular flexibility index (Phi) is 4.77.